The van der Waals surface area contributed by atoms with Gasteiger partial charge in [0, 0.05) is 33.3 Å². The molecule has 1 aromatic heterocycles. The van der Waals surface area contributed by atoms with Crippen LogP contribution in [0.15, 0.2) is 6.07 Å². The van der Waals surface area contributed by atoms with E-state index >= 15 is 0 Å². The first kappa shape index (κ1) is 17.1. The van der Waals surface area contributed by atoms with Crippen LogP contribution in [0.3, 0.4) is 0 Å². The number of nitrogens with zero attached hydrogens (tertiary/aromatic N) is 3. The SMILES string of the molecule is CCCc1nc(Cl)cc(N(CCOC)C(C)COC)n1. The molecule has 0 aliphatic heterocycles. The summed E-state index contributed by atoms with van der Waals surface area (Å²) < 4.78 is 10.4. The van der Waals surface area contributed by atoms with Crippen molar-refractivity contribution in [2.24, 2.45) is 0 Å². The Morgan fingerprint density at radius 1 is 1.30 bits per heavy atom. The van der Waals surface area contributed by atoms with Crippen molar-refractivity contribution in [2.75, 3.05) is 38.9 Å². The van der Waals surface area contributed by atoms with Crippen LogP contribution in [0.4, 0.5) is 5.82 Å². The highest BCUT2D eigenvalue weighted by molar-refractivity contribution is 6.29. The minimum atomic E-state index is 0.190. The second-order valence-corrected chi connectivity index (χ2v) is 5.09. The number of hydrogen-bond donors (Lipinski definition) is 0. The summed E-state index contributed by atoms with van der Waals surface area (Å²) in [4.78, 5) is 11.0. The molecule has 0 saturated heterocycles. The van der Waals surface area contributed by atoms with Crippen molar-refractivity contribution in [1.82, 2.24) is 9.97 Å². The molecule has 0 fully saturated rings. The molecule has 0 spiro atoms. The van der Waals surface area contributed by atoms with E-state index in [0.717, 1.165) is 31.0 Å². The summed E-state index contributed by atoms with van der Waals surface area (Å²) in [7, 11) is 3.38. The molecular formula is C14H24ClN3O2. The lowest BCUT2D eigenvalue weighted by Crippen LogP contribution is -2.39. The maximum atomic E-state index is 6.11. The van der Waals surface area contributed by atoms with Crippen LogP contribution in [0.1, 0.15) is 26.1 Å². The summed E-state index contributed by atoms with van der Waals surface area (Å²) in [6, 6.07) is 1.98. The van der Waals surface area contributed by atoms with Crippen molar-refractivity contribution in [2.45, 2.75) is 32.7 Å². The first-order valence-electron chi connectivity index (χ1n) is 6.90. The van der Waals surface area contributed by atoms with Crippen molar-refractivity contribution in [3.05, 3.63) is 17.0 Å². The number of hydrogen-bond acceptors (Lipinski definition) is 5. The third kappa shape index (κ3) is 5.23. The molecule has 0 bridgehead atoms. The van der Waals surface area contributed by atoms with Gasteiger partial charge in [-0.1, -0.05) is 18.5 Å². The van der Waals surface area contributed by atoms with Crippen LogP contribution < -0.4 is 4.90 Å². The molecule has 114 valence electrons. The summed E-state index contributed by atoms with van der Waals surface area (Å²) >= 11 is 6.11. The van der Waals surface area contributed by atoms with Crippen LogP contribution in [0.5, 0.6) is 0 Å². The number of aryl methyl sites for hydroxylation is 1. The van der Waals surface area contributed by atoms with Crippen LogP contribution in [-0.2, 0) is 15.9 Å². The lowest BCUT2D eigenvalue weighted by atomic mass is 10.2. The standard InChI is InChI=1S/C14H24ClN3O2/c1-5-6-13-16-12(15)9-14(17-13)18(7-8-19-3)11(2)10-20-4/h9,11H,5-8,10H2,1-4H3. The van der Waals surface area contributed by atoms with Gasteiger partial charge in [0.05, 0.1) is 19.3 Å². The van der Waals surface area contributed by atoms with Gasteiger partial charge in [0.2, 0.25) is 0 Å². The zero-order chi connectivity index (χ0) is 15.0. The van der Waals surface area contributed by atoms with E-state index in [2.05, 4.69) is 28.7 Å². The smallest absolute Gasteiger partial charge is 0.134 e. The molecule has 1 atom stereocenters. The largest absolute Gasteiger partial charge is 0.383 e. The highest BCUT2D eigenvalue weighted by atomic mass is 35.5. The second kappa shape index (κ2) is 9.10. The molecule has 6 heteroatoms. The monoisotopic (exact) mass is 301 g/mol. The van der Waals surface area contributed by atoms with Gasteiger partial charge in [-0.15, -0.1) is 0 Å². The number of halogens is 1. The molecule has 1 rings (SSSR count). The van der Waals surface area contributed by atoms with Crippen molar-refractivity contribution >= 4 is 17.4 Å². The van der Waals surface area contributed by atoms with Gasteiger partial charge >= 0.3 is 0 Å². The molecule has 0 aliphatic carbocycles. The highest BCUT2D eigenvalue weighted by Gasteiger charge is 2.17. The van der Waals surface area contributed by atoms with E-state index in [1.54, 1.807) is 20.3 Å². The first-order valence-corrected chi connectivity index (χ1v) is 7.28. The molecule has 1 aromatic rings. The quantitative estimate of drug-likeness (QED) is 0.656. The number of methoxy groups -OCH3 is 2. The third-order valence-corrected chi connectivity index (χ3v) is 3.17. The van der Waals surface area contributed by atoms with Crippen LogP contribution in [0.2, 0.25) is 5.15 Å². The van der Waals surface area contributed by atoms with Gasteiger partial charge in [-0.05, 0) is 13.3 Å². The third-order valence-electron chi connectivity index (χ3n) is 2.97. The summed E-state index contributed by atoms with van der Waals surface area (Å²) in [6.07, 6.45) is 1.82. The van der Waals surface area contributed by atoms with Crippen molar-refractivity contribution in [3.63, 3.8) is 0 Å². The average Bonchev–Trinajstić information content (AvgIpc) is 2.39. The van der Waals surface area contributed by atoms with Crippen LogP contribution in [0, 0.1) is 0 Å². The molecule has 0 saturated carbocycles. The van der Waals surface area contributed by atoms with E-state index in [0.29, 0.717) is 18.4 Å². The van der Waals surface area contributed by atoms with Gasteiger partial charge in [-0.2, -0.15) is 0 Å². The van der Waals surface area contributed by atoms with Gasteiger partial charge in [0.15, 0.2) is 0 Å². The van der Waals surface area contributed by atoms with Gasteiger partial charge in [-0.25, -0.2) is 9.97 Å². The Hall–Kier alpha value is -0.910. The molecule has 1 unspecified atom stereocenters. The van der Waals surface area contributed by atoms with Gasteiger partial charge in [-0.3, -0.25) is 0 Å². The minimum absolute atomic E-state index is 0.190. The predicted octanol–water partition coefficient (Wildman–Crippen LogP) is 2.57. The van der Waals surface area contributed by atoms with Gasteiger partial charge in [0.1, 0.15) is 16.8 Å². The Morgan fingerprint density at radius 2 is 2.05 bits per heavy atom. The van der Waals surface area contributed by atoms with Crippen LogP contribution in [0.25, 0.3) is 0 Å². The van der Waals surface area contributed by atoms with E-state index in [1.165, 1.54) is 0 Å². The van der Waals surface area contributed by atoms with Crippen molar-refractivity contribution < 1.29 is 9.47 Å². The fourth-order valence-corrected chi connectivity index (χ4v) is 2.21. The van der Waals surface area contributed by atoms with Gasteiger partial charge in [0.25, 0.3) is 0 Å². The number of ether oxygens (including phenoxy) is 2. The molecule has 20 heavy (non-hydrogen) atoms. The maximum Gasteiger partial charge on any atom is 0.134 e. The van der Waals surface area contributed by atoms with Crippen LogP contribution >= 0.6 is 11.6 Å². The Bertz CT molecular complexity index is 404. The lowest BCUT2D eigenvalue weighted by Gasteiger charge is -2.30. The topological polar surface area (TPSA) is 47.5 Å². The maximum absolute atomic E-state index is 6.11. The van der Waals surface area contributed by atoms with E-state index in [-0.39, 0.29) is 6.04 Å². The predicted molar refractivity (Wildman–Crippen MR) is 81.6 cm³/mol. The minimum Gasteiger partial charge on any atom is -0.383 e. The van der Waals surface area contributed by atoms with E-state index in [1.807, 2.05) is 0 Å². The molecular weight excluding hydrogens is 278 g/mol. The molecule has 0 aliphatic rings. The Labute approximate surface area is 126 Å². The number of aromatic nitrogens is 2. The van der Waals surface area contributed by atoms with Crippen molar-refractivity contribution in [1.29, 1.82) is 0 Å². The molecule has 0 radical (unpaired) electrons. The number of rotatable bonds is 9. The Morgan fingerprint density at radius 3 is 2.65 bits per heavy atom. The summed E-state index contributed by atoms with van der Waals surface area (Å²) in [6.45, 7) is 6.17. The average molecular weight is 302 g/mol. The summed E-state index contributed by atoms with van der Waals surface area (Å²) in [5.41, 5.74) is 0. The Kier molecular flexibility index (Phi) is 7.80. The fraction of sp³-hybridized carbons (Fsp3) is 0.714. The highest BCUT2D eigenvalue weighted by Crippen LogP contribution is 2.19. The fourth-order valence-electron chi connectivity index (χ4n) is 2.02. The molecule has 1 heterocycles. The van der Waals surface area contributed by atoms with Crippen molar-refractivity contribution in [3.8, 4) is 0 Å². The van der Waals surface area contributed by atoms with Crippen LogP contribution in [-0.4, -0.2) is 50.0 Å². The molecule has 5 nitrogen and oxygen atoms in total. The Balaban J connectivity index is 2.98. The summed E-state index contributed by atoms with van der Waals surface area (Å²) in [5.74, 6) is 1.61. The molecule has 0 amide bonds. The molecule has 0 aromatic carbocycles. The van der Waals surface area contributed by atoms with E-state index < -0.39 is 0 Å². The molecule has 0 N–H and O–H groups in total. The number of anilines is 1. The summed E-state index contributed by atoms with van der Waals surface area (Å²) in [5, 5.41) is 0.477. The zero-order valence-electron chi connectivity index (χ0n) is 12.7. The second-order valence-electron chi connectivity index (χ2n) is 4.71. The normalized spacial score (nSPS) is 12.4. The van der Waals surface area contributed by atoms with E-state index in [4.69, 9.17) is 21.1 Å². The van der Waals surface area contributed by atoms with Gasteiger partial charge < -0.3 is 14.4 Å². The van der Waals surface area contributed by atoms with E-state index in [9.17, 15) is 0 Å². The lowest BCUT2D eigenvalue weighted by molar-refractivity contribution is 0.170. The first-order chi connectivity index (χ1) is 9.62. The zero-order valence-corrected chi connectivity index (χ0v) is 13.5.